The van der Waals surface area contributed by atoms with Crippen LogP contribution in [-0.2, 0) is 24.8 Å². The first-order valence-electron chi connectivity index (χ1n) is 9.72. The number of amides is 1. The van der Waals surface area contributed by atoms with Gasteiger partial charge in [0.05, 0.1) is 0 Å². The Morgan fingerprint density at radius 2 is 2.03 bits per heavy atom. The van der Waals surface area contributed by atoms with Crippen molar-refractivity contribution in [3.8, 4) is 0 Å². The highest BCUT2D eigenvalue weighted by Crippen LogP contribution is 2.06. The van der Waals surface area contributed by atoms with Gasteiger partial charge in [0.1, 0.15) is 12.4 Å². The lowest BCUT2D eigenvalue weighted by Crippen LogP contribution is -2.39. The molecule has 9 heteroatoms. The number of aliphatic imine (C=N–C) groups is 1. The van der Waals surface area contributed by atoms with E-state index in [1.165, 1.54) is 0 Å². The molecule has 0 spiro atoms. The lowest BCUT2D eigenvalue weighted by atomic mass is 10.1. The molecule has 2 rings (SSSR count). The third-order valence-corrected chi connectivity index (χ3v) is 4.50. The molecule has 0 aliphatic carbocycles. The van der Waals surface area contributed by atoms with Crippen molar-refractivity contribution < 1.29 is 9.53 Å². The van der Waals surface area contributed by atoms with Crippen LogP contribution in [0.15, 0.2) is 29.3 Å². The summed E-state index contributed by atoms with van der Waals surface area (Å²) in [6.45, 7) is 4.47. The maximum Gasteiger partial charge on any atom is 0.251 e. The number of guanidine groups is 1. The number of nitrogens with zero attached hydrogens (tertiary/aromatic N) is 4. The zero-order valence-corrected chi connectivity index (χ0v) is 17.7. The van der Waals surface area contributed by atoms with Crippen LogP contribution in [0, 0.1) is 6.92 Å². The maximum atomic E-state index is 11.8. The van der Waals surface area contributed by atoms with Gasteiger partial charge >= 0.3 is 0 Å². The average molecular weight is 402 g/mol. The molecule has 1 heterocycles. The molecule has 9 nitrogen and oxygen atoms in total. The Balaban J connectivity index is 1.95. The van der Waals surface area contributed by atoms with Crippen molar-refractivity contribution in [3.63, 3.8) is 0 Å². The molecule has 2 aromatic rings. The van der Waals surface area contributed by atoms with Crippen molar-refractivity contribution in [2.75, 3.05) is 33.9 Å². The van der Waals surface area contributed by atoms with Crippen LogP contribution in [0.3, 0.4) is 0 Å². The monoisotopic (exact) mass is 401 g/mol. The lowest BCUT2D eigenvalue weighted by molar-refractivity contribution is 0.0963. The van der Waals surface area contributed by atoms with Crippen LogP contribution in [0.5, 0.6) is 0 Å². The first-order chi connectivity index (χ1) is 14.0. The van der Waals surface area contributed by atoms with E-state index in [0.717, 1.165) is 36.6 Å². The van der Waals surface area contributed by atoms with E-state index in [1.807, 2.05) is 42.8 Å². The summed E-state index contributed by atoms with van der Waals surface area (Å²) in [7, 11) is 5.25. The average Bonchev–Trinajstić information content (AvgIpc) is 3.06. The van der Waals surface area contributed by atoms with Crippen LogP contribution < -0.4 is 16.0 Å². The fourth-order valence-corrected chi connectivity index (χ4v) is 2.67. The molecule has 1 amide bonds. The van der Waals surface area contributed by atoms with Crippen LogP contribution in [0.1, 0.15) is 34.0 Å². The number of carbonyl (C=O) groups excluding carboxylic acids is 1. The van der Waals surface area contributed by atoms with Gasteiger partial charge in [-0.15, -0.1) is 10.2 Å². The van der Waals surface area contributed by atoms with E-state index < -0.39 is 0 Å². The van der Waals surface area contributed by atoms with Crippen LogP contribution >= 0.6 is 0 Å². The molecule has 0 fully saturated rings. The molecule has 0 saturated heterocycles. The summed E-state index contributed by atoms with van der Waals surface area (Å²) in [6, 6.07) is 7.63. The Morgan fingerprint density at radius 1 is 1.24 bits per heavy atom. The third kappa shape index (κ3) is 7.19. The Hall–Kier alpha value is -2.94. The van der Waals surface area contributed by atoms with Gasteiger partial charge in [-0.2, -0.15) is 0 Å². The summed E-state index contributed by atoms with van der Waals surface area (Å²) in [4.78, 5) is 16.4. The highest BCUT2D eigenvalue weighted by Gasteiger charge is 2.06. The number of ether oxygens (including phenoxy) is 1. The molecule has 1 aromatic carbocycles. The quantitative estimate of drug-likeness (QED) is 0.309. The van der Waals surface area contributed by atoms with Crippen LogP contribution in [-0.4, -0.2) is 60.5 Å². The Morgan fingerprint density at radius 3 is 2.72 bits per heavy atom. The number of hydrogen-bond donors (Lipinski definition) is 3. The SMILES string of the molecule is CNC(=O)c1cccc(CCNC(=NCc2nnc(C)n2C)NCCCOC)c1. The number of methoxy groups -OCH3 is 1. The Labute approximate surface area is 172 Å². The van der Waals surface area contributed by atoms with E-state index in [1.54, 1.807) is 14.2 Å². The molecule has 3 N–H and O–H groups in total. The maximum absolute atomic E-state index is 11.8. The number of aryl methyl sites for hydroxylation is 1. The van der Waals surface area contributed by atoms with E-state index in [9.17, 15) is 4.79 Å². The number of nitrogens with one attached hydrogen (secondary N) is 3. The van der Waals surface area contributed by atoms with Gasteiger partial charge in [-0.1, -0.05) is 12.1 Å². The minimum absolute atomic E-state index is 0.0826. The van der Waals surface area contributed by atoms with E-state index in [0.29, 0.717) is 31.2 Å². The molecule has 158 valence electrons. The first-order valence-corrected chi connectivity index (χ1v) is 9.72. The van der Waals surface area contributed by atoms with Crippen molar-refractivity contribution in [1.82, 2.24) is 30.7 Å². The molecule has 29 heavy (non-hydrogen) atoms. The molecule has 0 bridgehead atoms. The van der Waals surface area contributed by atoms with E-state index in [-0.39, 0.29) is 5.91 Å². The van der Waals surface area contributed by atoms with Crippen LogP contribution in [0.4, 0.5) is 0 Å². The molecule has 0 unspecified atom stereocenters. The second kappa shape index (κ2) is 11.8. The van der Waals surface area contributed by atoms with Crippen LogP contribution in [0.25, 0.3) is 0 Å². The smallest absolute Gasteiger partial charge is 0.251 e. The van der Waals surface area contributed by atoms with Gasteiger partial charge in [-0.05, 0) is 37.5 Å². The second-order valence-corrected chi connectivity index (χ2v) is 6.62. The van der Waals surface area contributed by atoms with Gasteiger partial charge < -0.3 is 25.3 Å². The Bertz CT molecular complexity index is 817. The second-order valence-electron chi connectivity index (χ2n) is 6.62. The Kier molecular flexibility index (Phi) is 9.10. The number of benzene rings is 1. The minimum Gasteiger partial charge on any atom is -0.385 e. The molecular weight excluding hydrogens is 370 g/mol. The topological polar surface area (TPSA) is 105 Å². The number of rotatable bonds is 10. The zero-order valence-electron chi connectivity index (χ0n) is 17.7. The predicted molar refractivity (Wildman–Crippen MR) is 113 cm³/mol. The molecule has 0 aliphatic heterocycles. The minimum atomic E-state index is -0.0826. The van der Waals surface area contributed by atoms with Gasteiger partial charge in [0.15, 0.2) is 11.8 Å². The van der Waals surface area contributed by atoms with E-state index in [2.05, 4.69) is 31.1 Å². The molecule has 0 aliphatic rings. The summed E-state index contributed by atoms with van der Waals surface area (Å²) in [6.07, 6.45) is 1.65. The molecule has 1 aromatic heterocycles. The molecule has 0 radical (unpaired) electrons. The van der Waals surface area contributed by atoms with Crippen molar-refractivity contribution in [1.29, 1.82) is 0 Å². The van der Waals surface area contributed by atoms with Gasteiger partial charge in [0.25, 0.3) is 5.91 Å². The van der Waals surface area contributed by atoms with Crippen molar-refractivity contribution >= 4 is 11.9 Å². The van der Waals surface area contributed by atoms with E-state index >= 15 is 0 Å². The fraction of sp³-hybridized carbons (Fsp3) is 0.500. The summed E-state index contributed by atoms with van der Waals surface area (Å²) in [5, 5.41) is 17.5. The van der Waals surface area contributed by atoms with Gasteiger partial charge in [0.2, 0.25) is 0 Å². The standard InChI is InChI=1S/C20H31N7O2/c1-15-25-26-18(27(15)3)14-24-20(22-10-6-12-29-4)23-11-9-16-7-5-8-17(13-16)19(28)21-2/h5,7-8,13H,6,9-12,14H2,1-4H3,(H,21,28)(H2,22,23,24). The lowest BCUT2D eigenvalue weighted by Gasteiger charge is -2.13. The summed E-state index contributed by atoms with van der Waals surface area (Å²) in [5.74, 6) is 2.29. The fourth-order valence-electron chi connectivity index (χ4n) is 2.67. The highest BCUT2D eigenvalue weighted by molar-refractivity contribution is 5.94. The van der Waals surface area contributed by atoms with Gasteiger partial charge in [-0.25, -0.2) is 4.99 Å². The van der Waals surface area contributed by atoms with Crippen LogP contribution in [0.2, 0.25) is 0 Å². The van der Waals surface area contributed by atoms with Gasteiger partial charge in [0, 0.05) is 46.5 Å². The highest BCUT2D eigenvalue weighted by atomic mass is 16.5. The molecular formula is C20H31N7O2. The zero-order chi connectivity index (χ0) is 21.1. The number of carbonyl (C=O) groups is 1. The third-order valence-electron chi connectivity index (χ3n) is 4.50. The van der Waals surface area contributed by atoms with Crippen molar-refractivity contribution in [2.24, 2.45) is 12.0 Å². The molecule has 0 atom stereocenters. The molecule has 0 saturated carbocycles. The number of aromatic nitrogens is 3. The predicted octanol–water partition coefficient (Wildman–Crippen LogP) is 0.798. The van der Waals surface area contributed by atoms with Gasteiger partial charge in [-0.3, -0.25) is 4.79 Å². The van der Waals surface area contributed by atoms with Crippen molar-refractivity contribution in [3.05, 3.63) is 47.0 Å². The normalized spacial score (nSPS) is 11.4. The summed E-state index contributed by atoms with van der Waals surface area (Å²) < 4.78 is 7.02. The number of hydrogen-bond acceptors (Lipinski definition) is 5. The first kappa shape index (κ1) is 22.4. The van der Waals surface area contributed by atoms with Crippen molar-refractivity contribution in [2.45, 2.75) is 26.3 Å². The largest absolute Gasteiger partial charge is 0.385 e. The van der Waals surface area contributed by atoms with E-state index in [4.69, 9.17) is 4.74 Å². The summed E-state index contributed by atoms with van der Waals surface area (Å²) in [5.41, 5.74) is 1.75. The summed E-state index contributed by atoms with van der Waals surface area (Å²) >= 11 is 0.